The number of carbonyl (C=O) groups is 1. The van der Waals surface area contributed by atoms with Crippen LogP contribution in [0.5, 0.6) is 0 Å². The lowest BCUT2D eigenvalue weighted by atomic mass is 9.93. The fourth-order valence-corrected chi connectivity index (χ4v) is 3.00. The maximum absolute atomic E-state index is 11.8. The first-order chi connectivity index (χ1) is 6.77. The van der Waals surface area contributed by atoms with Gasteiger partial charge in [0.15, 0.2) is 5.78 Å². The molecule has 3 rings (SSSR count). The summed E-state index contributed by atoms with van der Waals surface area (Å²) in [7, 11) is 2.13. The first-order valence-electron chi connectivity index (χ1n) is 5.38. The van der Waals surface area contributed by atoms with Crippen molar-refractivity contribution in [3.8, 4) is 0 Å². The van der Waals surface area contributed by atoms with E-state index in [4.69, 9.17) is 4.74 Å². The van der Waals surface area contributed by atoms with Crippen LogP contribution in [0.4, 0.5) is 0 Å². The third-order valence-corrected chi connectivity index (χ3v) is 3.80. The summed E-state index contributed by atoms with van der Waals surface area (Å²) in [6, 6.07) is 0.973. The molecule has 2 atom stereocenters. The molecule has 0 N–H and O–H groups in total. The molecule has 0 radical (unpaired) electrons. The molecule has 0 unspecified atom stereocenters. The third kappa shape index (κ3) is 0.989. The Labute approximate surface area is 83.7 Å². The molecular formula is C11H15NO2. The molecule has 0 amide bonds. The standard InChI is InChI=1S/C11H15NO2/c1-12-7-2-3-8(12)11-9(13)4-5-14-10(11)6-7/h7-8H,2-6H2,1H3/t7-,8+/m0/s1. The van der Waals surface area contributed by atoms with Gasteiger partial charge in [-0.2, -0.15) is 0 Å². The molecule has 3 aliphatic rings. The van der Waals surface area contributed by atoms with Crippen LogP contribution in [0.3, 0.4) is 0 Å². The predicted molar refractivity (Wildman–Crippen MR) is 51.8 cm³/mol. The van der Waals surface area contributed by atoms with Crippen LogP contribution in [0, 0.1) is 0 Å². The van der Waals surface area contributed by atoms with E-state index >= 15 is 0 Å². The molecule has 2 bridgehead atoms. The highest BCUT2D eigenvalue weighted by Gasteiger charge is 2.43. The van der Waals surface area contributed by atoms with Gasteiger partial charge in [0.2, 0.25) is 0 Å². The summed E-state index contributed by atoms with van der Waals surface area (Å²) in [4.78, 5) is 14.1. The van der Waals surface area contributed by atoms with Crippen LogP contribution in [0.25, 0.3) is 0 Å². The van der Waals surface area contributed by atoms with Crippen molar-refractivity contribution < 1.29 is 9.53 Å². The Bertz CT molecular complexity index is 321. The van der Waals surface area contributed by atoms with Gasteiger partial charge in [0.25, 0.3) is 0 Å². The van der Waals surface area contributed by atoms with Crippen LogP contribution in [-0.2, 0) is 9.53 Å². The summed E-state index contributed by atoms with van der Waals surface area (Å²) < 4.78 is 5.61. The van der Waals surface area contributed by atoms with E-state index in [0.29, 0.717) is 30.9 Å². The maximum Gasteiger partial charge on any atom is 0.167 e. The average Bonchev–Trinajstić information content (AvgIpc) is 2.44. The fraction of sp³-hybridized carbons (Fsp3) is 0.727. The van der Waals surface area contributed by atoms with E-state index in [-0.39, 0.29) is 0 Å². The monoisotopic (exact) mass is 193 g/mol. The van der Waals surface area contributed by atoms with Gasteiger partial charge in [-0.1, -0.05) is 0 Å². The molecule has 3 heteroatoms. The van der Waals surface area contributed by atoms with Gasteiger partial charge in [-0.25, -0.2) is 0 Å². The normalized spacial score (nSPS) is 37.1. The molecule has 3 aliphatic heterocycles. The minimum atomic E-state index is 0.323. The second kappa shape index (κ2) is 2.83. The molecule has 3 nitrogen and oxygen atoms in total. The second-order valence-corrected chi connectivity index (χ2v) is 4.48. The zero-order valence-corrected chi connectivity index (χ0v) is 8.45. The van der Waals surface area contributed by atoms with Crippen molar-refractivity contribution >= 4 is 5.78 Å². The largest absolute Gasteiger partial charge is 0.497 e. The number of ether oxygens (including phenoxy) is 1. The number of likely N-dealkylation sites (N-methyl/N-ethyl adjacent to an activating group) is 1. The first kappa shape index (κ1) is 8.48. The Kier molecular flexibility index (Phi) is 1.71. The van der Waals surface area contributed by atoms with Gasteiger partial charge in [-0.05, 0) is 19.9 Å². The molecule has 1 fully saturated rings. The van der Waals surface area contributed by atoms with Crippen molar-refractivity contribution in [3.63, 3.8) is 0 Å². The highest BCUT2D eigenvalue weighted by atomic mass is 16.5. The Morgan fingerprint density at radius 1 is 1.43 bits per heavy atom. The number of hydrogen-bond donors (Lipinski definition) is 0. The smallest absolute Gasteiger partial charge is 0.167 e. The lowest BCUT2D eigenvalue weighted by molar-refractivity contribution is -0.119. The minimum Gasteiger partial charge on any atom is -0.497 e. The van der Waals surface area contributed by atoms with E-state index in [1.807, 2.05) is 0 Å². The fourth-order valence-electron chi connectivity index (χ4n) is 3.00. The van der Waals surface area contributed by atoms with Crippen LogP contribution in [0.15, 0.2) is 11.3 Å². The zero-order chi connectivity index (χ0) is 9.71. The van der Waals surface area contributed by atoms with Crippen molar-refractivity contribution in [1.29, 1.82) is 0 Å². The Balaban J connectivity index is 2.04. The Hall–Kier alpha value is -0.830. The van der Waals surface area contributed by atoms with E-state index in [1.165, 1.54) is 6.42 Å². The summed E-state index contributed by atoms with van der Waals surface area (Å²) in [6.45, 7) is 0.598. The molecule has 14 heavy (non-hydrogen) atoms. The maximum atomic E-state index is 11.8. The van der Waals surface area contributed by atoms with Crippen molar-refractivity contribution in [3.05, 3.63) is 11.3 Å². The van der Waals surface area contributed by atoms with E-state index in [2.05, 4.69) is 11.9 Å². The predicted octanol–water partition coefficient (Wildman–Crippen LogP) is 1.10. The number of Topliss-reactive ketones (excluding diaryl/α,β-unsaturated/α-hetero) is 1. The van der Waals surface area contributed by atoms with Crippen molar-refractivity contribution in [2.24, 2.45) is 0 Å². The summed E-state index contributed by atoms with van der Waals surface area (Å²) in [5.74, 6) is 1.33. The third-order valence-electron chi connectivity index (χ3n) is 3.80. The molecule has 0 saturated carbocycles. The van der Waals surface area contributed by atoms with Gasteiger partial charge in [-0.15, -0.1) is 0 Å². The van der Waals surface area contributed by atoms with Crippen molar-refractivity contribution in [2.75, 3.05) is 13.7 Å². The van der Waals surface area contributed by atoms with Gasteiger partial charge in [0, 0.05) is 24.9 Å². The molecular weight excluding hydrogens is 178 g/mol. The zero-order valence-electron chi connectivity index (χ0n) is 8.45. The summed E-state index contributed by atoms with van der Waals surface area (Å²) in [6.07, 6.45) is 3.88. The molecule has 0 spiro atoms. The molecule has 1 saturated heterocycles. The number of ketones is 1. The highest BCUT2D eigenvalue weighted by Crippen LogP contribution is 2.40. The molecule has 0 aromatic carbocycles. The number of rotatable bonds is 0. The van der Waals surface area contributed by atoms with E-state index in [0.717, 1.165) is 24.2 Å². The molecule has 0 aromatic rings. The quantitative estimate of drug-likeness (QED) is 0.577. The number of nitrogens with zero attached hydrogens (tertiary/aromatic N) is 1. The van der Waals surface area contributed by atoms with Crippen LogP contribution < -0.4 is 0 Å². The van der Waals surface area contributed by atoms with Crippen LogP contribution in [-0.4, -0.2) is 36.4 Å². The Morgan fingerprint density at radius 2 is 2.29 bits per heavy atom. The van der Waals surface area contributed by atoms with Gasteiger partial charge in [0.05, 0.1) is 12.2 Å². The number of hydrogen-bond acceptors (Lipinski definition) is 3. The van der Waals surface area contributed by atoms with Crippen LogP contribution >= 0.6 is 0 Å². The average molecular weight is 193 g/mol. The lowest BCUT2D eigenvalue weighted by Gasteiger charge is -2.36. The Morgan fingerprint density at radius 3 is 3.14 bits per heavy atom. The number of carbonyl (C=O) groups excluding carboxylic acids is 1. The summed E-state index contributed by atoms with van der Waals surface area (Å²) in [5.41, 5.74) is 0.993. The number of fused-ring (bicyclic) bond motifs is 3. The second-order valence-electron chi connectivity index (χ2n) is 4.48. The topological polar surface area (TPSA) is 29.5 Å². The van der Waals surface area contributed by atoms with Crippen LogP contribution in [0.1, 0.15) is 25.7 Å². The molecule has 0 aromatic heterocycles. The lowest BCUT2D eigenvalue weighted by Crippen LogP contribution is -2.42. The van der Waals surface area contributed by atoms with Gasteiger partial charge < -0.3 is 4.74 Å². The van der Waals surface area contributed by atoms with Crippen LogP contribution in [0.2, 0.25) is 0 Å². The van der Waals surface area contributed by atoms with Gasteiger partial charge in [0.1, 0.15) is 5.76 Å². The summed E-state index contributed by atoms with van der Waals surface area (Å²) >= 11 is 0. The first-order valence-corrected chi connectivity index (χ1v) is 5.38. The van der Waals surface area contributed by atoms with E-state index in [9.17, 15) is 4.79 Å². The van der Waals surface area contributed by atoms with Gasteiger partial charge in [-0.3, -0.25) is 9.69 Å². The van der Waals surface area contributed by atoms with Crippen molar-refractivity contribution in [1.82, 2.24) is 4.90 Å². The SMILES string of the molecule is CN1[C@H]2CC[C@@H]1C1=C(C2)OCCC1=O. The van der Waals surface area contributed by atoms with E-state index in [1.54, 1.807) is 0 Å². The molecule has 0 aliphatic carbocycles. The highest BCUT2D eigenvalue weighted by molar-refractivity contribution is 5.98. The van der Waals surface area contributed by atoms with E-state index < -0.39 is 0 Å². The van der Waals surface area contributed by atoms with Crippen molar-refractivity contribution in [2.45, 2.75) is 37.8 Å². The van der Waals surface area contributed by atoms with Gasteiger partial charge >= 0.3 is 0 Å². The molecule has 3 heterocycles. The molecule has 76 valence electrons. The minimum absolute atomic E-state index is 0.323. The summed E-state index contributed by atoms with van der Waals surface area (Å²) in [5, 5.41) is 0.